The van der Waals surface area contributed by atoms with Gasteiger partial charge in [0.1, 0.15) is 5.75 Å². The molecule has 1 N–H and O–H groups in total. The molecule has 0 unspecified atom stereocenters. The lowest BCUT2D eigenvalue weighted by Gasteiger charge is -2.11. The summed E-state index contributed by atoms with van der Waals surface area (Å²) >= 11 is 1.84. The molecule has 3 nitrogen and oxygen atoms in total. The van der Waals surface area contributed by atoms with Gasteiger partial charge in [-0.25, -0.2) is 0 Å². The van der Waals surface area contributed by atoms with Gasteiger partial charge in [0.25, 0.3) is 0 Å². The van der Waals surface area contributed by atoms with Crippen molar-refractivity contribution in [2.45, 2.75) is 6.42 Å². The highest BCUT2D eigenvalue weighted by molar-refractivity contribution is 7.19. The van der Waals surface area contributed by atoms with Gasteiger partial charge in [0.2, 0.25) is 0 Å². The van der Waals surface area contributed by atoms with Crippen LogP contribution in [0.2, 0.25) is 0 Å². The average Bonchev–Trinajstić information content (AvgIpc) is 3.22. The number of hydrogen-bond acceptors (Lipinski definition) is 4. The van der Waals surface area contributed by atoms with Crippen LogP contribution in [0.4, 0.5) is 0 Å². The SMILES string of the molecule is COc1ccc(Cc2sc3ccccc3c2-c2ccc(-c3ccc(O)cc3)cc2)cc1OC. The number of methoxy groups -OCH3 is 2. The van der Waals surface area contributed by atoms with Crippen LogP contribution in [0.5, 0.6) is 17.2 Å². The quantitative estimate of drug-likeness (QED) is 0.289. The van der Waals surface area contributed by atoms with E-state index in [0.717, 1.165) is 29.0 Å². The van der Waals surface area contributed by atoms with E-state index in [9.17, 15) is 5.11 Å². The molecule has 4 aromatic carbocycles. The summed E-state index contributed by atoms with van der Waals surface area (Å²) < 4.78 is 12.2. The Balaban J connectivity index is 1.55. The summed E-state index contributed by atoms with van der Waals surface area (Å²) in [6.07, 6.45) is 0.814. The highest BCUT2D eigenvalue weighted by Gasteiger charge is 2.15. The van der Waals surface area contributed by atoms with E-state index in [1.807, 2.05) is 29.5 Å². The molecule has 1 aromatic heterocycles. The Morgan fingerprint density at radius 3 is 2.03 bits per heavy atom. The molecule has 0 fully saturated rings. The number of ether oxygens (including phenoxy) is 2. The second-order valence-electron chi connectivity index (χ2n) is 7.89. The summed E-state index contributed by atoms with van der Waals surface area (Å²) in [4.78, 5) is 1.32. The third kappa shape index (κ3) is 4.18. The zero-order valence-electron chi connectivity index (χ0n) is 18.5. The smallest absolute Gasteiger partial charge is 0.160 e. The summed E-state index contributed by atoms with van der Waals surface area (Å²) in [6.45, 7) is 0. The number of rotatable bonds is 6. The van der Waals surface area contributed by atoms with E-state index in [1.54, 1.807) is 26.4 Å². The molecule has 0 aliphatic rings. The fraction of sp³-hybridized carbons (Fsp3) is 0.103. The zero-order valence-corrected chi connectivity index (χ0v) is 19.4. The molecule has 0 aliphatic carbocycles. The molecule has 4 heteroatoms. The fourth-order valence-electron chi connectivity index (χ4n) is 4.20. The lowest BCUT2D eigenvalue weighted by molar-refractivity contribution is 0.354. The first-order chi connectivity index (χ1) is 16.2. The molecule has 1 heterocycles. The molecule has 0 radical (unpaired) electrons. The van der Waals surface area contributed by atoms with Gasteiger partial charge in [0.15, 0.2) is 11.5 Å². The Hall–Kier alpha value is -3.76. The summed E-state index contributed by atoms with van der Waals surface area (Å²) in [6, 6.07) is 30.7. The van der Waals surface area contributed by atoms with Crippen LogP contribution in [0.25, 0.3) is 32.3 Å². The molecular formula is C29H24O3S. The Bertz CT molecular complexity index is 1400. The standard InChI is InChI=1S/C29H24O3S/c1-31-25-16-7-19(17-26(25)32-2)18-28-29(24-5-3-4-6-27(24)33-28)22-10-8-20(9-11-22)21-12-14-23(30)15-13-21/h3-17,30H,18H2,1-2H3. The Morgan fingerprint density at radius 2 is 1.33 bits per heavy atom. The van der Waals surface area contributed by atoms with E-state index < -0.39 is 0 Å². The largest absolute Gasteiger partial charge is 0.508 e. The normalized spacial score (nSPS) is 11.0. The van der Waals surface area contributed by atoms with Crippen molar-refractivity contribution in [2.75, 3.05) is 14.2 Å². The molecule has 5 rings (SSSR count). The molecule has 5 aromatic rings. The first kappa shape index (κ1) is 21.1. The molecule has 0 amide bonds. The molecule has 0 saturated carbocycles. The minimum absolute atomic E-state index is 0.278. The Kier molecular flexibility index (Phi) is 5.76. The molecule has 0 spiro atoms. The molecule has 164 valence electrons. The van der Waals surface area contributed by atoms with Crippen LogP contribution >= 0.6 is 11.3 Å². The minimum atomic E-state index is 0.278. The lowest BCUT2D eigenvalue weighted by atomic mass is 9.96. The monoisotopic (exact) mass is 452 g/mol. The number of phenols is 1. The number of thiophene rings is 1. The second kappa shape index (κ2) is 9.00. The van der Waals surface area contributed by atoms with Crippen molar-refractivity contribution >= 4 is 21.4 Å². The van der Waals surface area contributed by atoms with E-state index in [2.05, 4.69) is 60.7 Å². The highest BCUT2D eigenvalue weighted by atomic mass is 32.1. The zero-order chi connectivity index (χ0) is 22.8. The minimum Gasteiger partial charge on any atom is -0.508 e. The van der Waals surface area contributed by atoms with Gasteiger partial charge < -0.3 is 14.6 Å². The molecule has 0 saturated heterocycles. The van der Waals surface area contributed by atoms with Gasteiger partial charge in [-0.1, -0.05) is 60.7 Å². The lowest BCUT2D eigenvalue weighted by Crippen LogP contribution is -1.94. The molecular weight excluding hydrogens is 428 g/mol. The number of hydrogen-bond donors (Lipinski definition) is 1. The van der Waals surface area contributed by atoms with E-state index in [1.165, 1.54) is 31.7 Å². The second-order valence-corrected chi connectivity index (χ2v) is 9.02. The Labute approximate surface area is 197 Å². The summed E-state index contributed by atoms with van der Waals surface area (Å²) in [7, 11) is 3.32. The highest BCUT2D eigenvalue weighted by Crippen LogP contribution is 2.41. The molecule has 0 atom stereocenters. The van der Waals surface area contributed by atoms with Crippen molar-refractivity contribution in [1.29, 1.82) is 0 Å². The molecule has 0 aliphatic heterocycles. The maximum absolute atomic E-state index is 9.57. The van der Waals surface area contributed by atoms with Gasteiger partial charge in [-0.05, 0) is 52.6 Å². The van der Waals surface area contributed by atoms with Gasteiger partial charge >= 0.3 is 0 Å². The first-order valence-corrected chi connectivity index (χ1v) is 11.6. The summed E-state index contributed by atoms with van der Waals surface area (Å²) in [5.41, 5.74) is 5.87. The topological polar surface area (TPSA) is 38.7 Å². The first-order valence-electron chi connectivity index (χ1n) is 10.8. The summed E-state index contributed by atoms with van der Waals surface area (Å²) in [5, 5.41) is 10.8. The van der Waals surface area contributed by atoms with Gasteiger partial charge in [-0.3, -0.25) is 0 Å². The molecule has 0 bridgehead atoms. The van der Waals surface area contributed by atoms with Crippen LogP contribution in [0.1, 0.15) is 10.4 Å². The van der Waals surface area contributed by atoms with E-state index in [4.69, 9.17) is 9.47 Å². The number of phenolic OH excluding ortho intramolecular Hbond substituents is 1. The van der Waals surface area contributed by atoms with Gasteiger partial charge in [0.05, 0.1) is 14.2 Å². The van der Waals surface area contributed by atoms with E-state index in [-0.39, 0.29) is 5.75 Å². The van der Waals surface area contributed by atoms with Crippen molar-refractivity contribution in [3.63, 3.8) is 0 Å². The molecule has 33 heavy (non-hydrogen) atoms. The van der Waals surface area contributed by atoms with E-state index in [0.29, 0.717) is 0 Å². The van der Waals surface area contributed by atoms with Crippen LogP contribution in [-0.4, -0.2) is 19.3 Å². The maximum Gasteiger partial charge on any atom is 0.160 e. The Morgan fingerprint density at radius 1 is 0.697 bits per heavy atom. The number of benzene rings is 4. The summed E-state index contributed by atoms with van der Waals surface area (Å²) in [5.74, 6) is 1.76. The predicted octanol–water partition coefficient (Wildman–Crippen LogP) is 7.55. The maximum atomic E-state index is 9.57. The van der Waals surface area contributed by atoms with E-state index >= 15 is 0 Å². The van der Waals surface area contributed by atoms with Crippen LogP contribution in [0, 0.1) is 0 Å². The fourth-order valence-corrected chi connectivity index (χ4v) is 5.46. The van der Waals surface area contributed by atoms with Crippen LogP contribution < -0.4 is 9.47 Å². The van der Waals surface area contributed by atoms with Gasteiger partial charge in [-0.2, -0.15) is 0 Å². The van der Waals surface area contributed by atoms with Gasteiger partial charge in [0, 0.05) is 26.9 Å². The van der Waals surface area contributed by atoms with Gasteiger partial charge in [-0.15, -0.1) is 11.3 Å². The van der Waals surface area contributed by atoms with Crippen LogP contribution in [0.15, 0.2) is 91.0 Å². The van der Waals surface area contributed by atoms with Crippen LogP contribution in [-0.2, 0) is 6.42 Å². The van der Waals surface area contributed by atoms with Crippen molar-refractivity contribution in [1.82, 2.24) is 0 Å². The number of fused-ring (bicyclic) bond motifs is 1. The van der Waals surface area contributed by atoms with Crippen molar-refractivity contribution in [2.24, 2.45) is 0 Å². The van der Waals surface area contributed by atoms with Crippen molar-refractivity contribution < 1.29 is 14.6 Å². The third-order valence-electron chi connectivity index (χ3n) is 5.86. The predicted molar refractivity (Wildman–Crippen MR) is 137 cm³/mol. The third-order valence-corrected chi connectivity index (χ3v) is 7.03. The number of aromatic hydroxyl groups is 1. The van der Waals surface area contributed by atoms with Crippen LogP contribution in [0.3, 0.4) is 0 Å². The van der Waals surface area contributed by atoms with Crippen molar-refractivity contribution in [3.8, 4) is 39.5 Å². The van der Waals surface area contributed by atoms with Crippen molar-refractivity contribution in [3.05, 3.63) is 101 Å². The average molecular weight is 453 g/mol.